The van der Waals surface area contributed by atoms with E-state index in [2.05, 4.69) is 33.3 Å². The lowest BCUT2D eigenvalue weighted by atomic mass is 9.96. The fourth-order valence-electron chi connectivity index (χ4n) is 7.67. The number of ether oxygens (including phenoxy) is 2. The number of aromatic nitrogens is 2. The lowest BCUT2D eigenvalue weighted by Crippen LogP contribution is -2.52. The first kappa shape index (κ1) is 27.5. The van der Waals surface area contributed by atoms with E-state index in [0.717, 1.165) is 93.2 Å². The molecule has 1 aromatic heterocycles. The van der Waals surface area contributed by atoms with Gasteiger partial charge in [-0.05, 0) is 73.6 Å². The van der Waals surface area contributed by atoms with Crippen molar-refractivity contribution < 1.29 is 23.9 Å². The standard InChI is InChI=1S/C33H36N6O5/c40-29-7-6-28(30(41)36-29)38-18-23-15-24(3-4-26(23)31(38)42)44-25-8-12-37(19-25)17-21-2-5-27-22(14-21)16-34-32(35-27)39-11-1-9-33(39)10-13-43-20-33/h2-5,14-16,25,28H,1,6-13,17-20H2,(H,36,40,41)/t25-,28?,33-/m0/s1. The Morgan fingerprint density at radius 1 is 1.07 bits per heavy atom. The third-order valence-corrected chi connectivity index (χ3v) is 9.98. The van der Waals surface area contributed by atoms with E-state index in [1.165, 1.54) is 5.56 Å². The van der Waals surface area contributed by atoms with Gasteiger partial charge in [0, 0.05) is 62.9 Å². The molecule has 4 fully saturated rings. The van der Waals surface area contributed by atoms with Gasteiger partial charge in [-0.1, -0.05) is 6.07 Å². The summed E-state index contributed by atoms with van der Waals surface area (Å²) in [5, 5.41) is 3.40. The predicted octanol–water partition coefficient (Wildman–Crippen LogP) is 2.80. The van der Waals surface area contributed by atoms with Crippen LogP contribution in [0.2, 0.25) is 0 Å². The molecule has 0 saturated carbocycles. The van der Waals surface area contributed by atoms with Gasteiger partial charge in [0.15, 0.2) is 0 Å². The third kappa shape index (κ3) is 4.88. The predicted molar refractivity (Wildman–Crippen MR) is 161 cm³/mol. The Balaban J connectivity index is 0.889. The smallest absolute Gasteiger partial charge is 0.255 e. The van der Waals surface area contributed by atoms with E-state index in [0.29, 0.717) is 18.5 Å². The van der Waals surface area contributed by atoms with Crippen LogP contribution in [0.15, 0.2) is 42.6 Å². The summed E-state index contributed by atoms with van der Waals surface area (Å²) in [4.78, 5) is 53.0. The largest absolute Gasteiger partial charge is 0.489 e. The molecule has 6 heterocycles. The highest BCUT2D eigenvalue weighted by molar-refractivity contribution is 6.05. The highest BCUT2D eigenvalue weighted by Crippen LogP contribution is 2.39. The van der Waals surface area contributed by atoms with Gasteiger partial charge in [0.2, 0.25) is 17.8 Å². The molecule has 11 nitrogen and oxygen atoms in total. The van der Waals surface area contributed by atoms with Crippen molar-refractivity contribution in [2.75, 3.05) is 37.7 Å². The van der Waals surface area contributed by atoms with Gasteiger partial charge in [0.1, 0.15) is 17.9 Å². The summed E-state index contributed by atoms with van der Waals surface area (Å²) in [6.07, 6.45) is 6.86. The van der Waals surface area contributed by atoms with Crippen molar-refractivity contribution in [2.24, 2.45) is 0 Å². The minimum atomic E-state index is -0.617. The summed E-state index contributed by atoms with van der Waals surface area (Å²) in [6, 6.07) is 11.4. The Labute approximate surface area is 255 Å². The van der Waals surface area contributed by atoms with Crippen LogP contribution in [-0.4, -0.2) is 88.0 Å². The van der Waals surface area contributed by atoms with Gasteiger partial charge in [0.05, 0.1) is 17.7 Å². The molecule has 2 aromatic carbocycles. The monoisotopic (exact) mass is 596 g/mol. The van der Waals surface area contributed by atoms with E-state index < -0.39 is 11.9 Å². The van der Waals surface area contributed by atoms with Crippen LogP contribution < -0.4 is 15.0 Å². The topological polar surface area (TPSA) is 117 Å². The molecule has 5 aliphatic rings. The number of likely N-dealkylation sites (tertiary alicyclic amines) is 1. The molecule has 44 heavy (non-hydrogen) atoms. The van der Waals surface area contributed by atoms with E-state index in [9.17, 15) is 14.4 Å². The molecular weight excluding hydrogens is 560 g/mol. The summed E-state index contributed by atoms with van der Waals surface area (Å²) < 4.78 is 12.1. The Morgan fingerprint density at radius 3 is 2.86 bits per heavy atom. The zero-order valence-corrected chi connectivity index (χ0v) is 24.7. The van der Waals surface area contributed by atoms with E-state index >= 15 is 0 Å². The maximum Gasteiger partial charge on any atom is 0.255 e. The molecule has 3 atom stereocenters. The summed E-state index contributed by atoms with van der Waals surface area (Å²) in [5.74, 6) is 0.686. The van der Waals surface area contributed by atoms with Crippen LogP contribution in [0.4, 0.5) is 5.95 Å². The van der Waals surface area contributed by atoms with E-state index in [1.54, 1.807) is 11.0 Å². The van der Waals surface area contributed by atoms with Crippen LogP contribution in [0.5, 0.6) is 5.75 Å². The molecule has 3 amide bonds. The third-order valence-electron chi connectivity index (χ3n) is 9.98. The lowest BCUT2D eigenvalue weighted by Gasteiger charge is -2.33. The zero-order chi connectivity index (χ0) is 29.8. The van der Waals surface area contributed by atoms with Gasteiger partial charge >= 0.3 is 0 Å². The van der Waals surface area contributed by atoms with Crippen molar-refractivity contribution in [2.45, 2.75) is 69.3 Å². The van der Waals surface area contributed by atoms with Crippen LogP contribution in [-0.2, 0) is 27.4 Å². The van der Waals surface area contributed by atoms with Crippen LogP contribution in [0, 0.1) is 0 Å². The molecule has 0 radical (unpaired) electrons. The minimum Gasteiger partial charge on any atom is -0.489 e. The second-order valence-electron chi connectivity index (χ2n) is 12.8. The maximum absolute atomic E-state index is 13.0. The fraction of sp³-hybridized carbons (Fsp3) is 0.485. The van der Waals surface area contributed by atoms with Crippen LogP contribution in [0.25, 0.3) is 10.9 Å². The average Bonchev–Trinajstić information content (AvgIpc) is 3.82. The molecule has 5 aliphatic heterocycles. The molecule has 3 aromatic rings. The number of fused-ring (bicyclic) bond motifs is 2. The average molecular weight is 597 g/mol. The van der Waals surface area contributed by atoms with Crippen molar-refractivity contribution in [3.63, 3.8) is 0 Å². The SMILES string of the molecule is O=C1CCC(N2Cc3cc(O[C@H]4CCN(Cc5ccc6nc(N7CCC[C@@]78CCOC8)ncc6c5)C4)ccc3C2=O)C(=O)N1. The Hall–Kier alpha value is -4.09. The van der Waals surface area contributed by atoms with Crippen LogP contribution in [0.3, 0.4) is 0 Å². The van der Waals surface area contributed by atoms with Gasteiger partial charge in [-0.3, -0.25) is 24.6 Å². The fourth-order valence-corrected chi connectivity index (χ4v) is 7.67. The van der Waals surface area contributed by atoms with Crippen molar-refractivity contribution >= 4 is 34.6 Å². The molecule has 1 N–H and O–H groups in total. The lowest BCUT2D eigenvalue weighted by molar-refractivity contribution is -0.136. The number of nitrogens with zero attached hydrogens (tertiary/aromatic N) is 5. The first-order valence-corrected chi connectivity index (χ1v) is 15.7. The number of hydrogen-bond donors (Lipinski definition) is 1. The molecule has 0 bridgehead atoms. The first-order valence-electron chi connectivity index (χ1n) is 15.7. The Kier molecular flexibility index (Phi) is 6.75. The summed E-state index contributed by atoms with van der Waals surface area (Å²) in [5.41, 5.74) is 3.70. The zero-order valence-electron chi connectivity index (χ0n) is 24.7. The Morgan fingerprint density at radius 2 is 2.00 bits per heavy atom. The molecular formula is C33H36N6O5. The maximum atomic E-state index is 13.0. The van der Waals surface area contributed by atoms with E-state index in [-0.39, 0.29) is 29.9 Å². The summed E-state index contributed by atoms with van der Waals surface area (Å²) >= 11 is 0. The molecule has 11 heteroatoms. The molecule has 8 rings (SSSR count). The normalized spacial score (nSPS) is 27.1. The number of benzene rings is 2. The molecule has 1 unspecified atom stereocenters. The number of hydrogen-bond acceptors (Lipinski definition) is 9. The first-order chi connectivity index (χ1) is 21.4. The number of carbonyl (C=O) groups is 3. The van der Waals surface area contributed by atoms with Crippen LogP contribution >= 0.6 is 0 Å². The van der Waals surface area contributed by atoms with Gasteiger partial charge < -0.3 is 19.3 Å². The van der Waals surface area contributed by atoms with Gasteiger partial charge in [-0.2, -0.15) is 0 Å². The van der Waals surface area contributed by atoms with Crippen molar-refractivity contribution in [1.29, 1.82) is 0 Å². The Bertz CT molecular complexity index is 1650. The summed E-state index contributed by atoms with van der Waals surface area (Å²) in [7, 11) is 0. The highest BCUT2D eigenvalue weighted by atomic mass is 16.5. The van der Waals surface area contributed by atoms with Gasteiger partial charge in [-0.25, -0.2) is 9.97 Å². The number of imide groups is 1. The number of piperidine rings is 1. The second-order valence-corrected chi connectivity index (χ2v) is 12.8. The number of amides is 3. The van der Waals surface area contributed by atoms with Crippen molar-refractivity contribution in [3.05, 3.63) is 59.3 Å². The second kappa shape index (κ2) is 10.8. The molecule has 4 saturated heterocycles. The number of anilines is 1. The summed E-state index contributed by atoms with van der Waals surface area (Å²) in [6.45, 7) is 5.47. The van der Waals surface area contributed by atoms with Crippen molar-refractivity contribution in [1.82, 2.24) is 25.1 Å². The minimum absolute atomic E-state index is 0.0510. The number of carbonyl (C=O) groups excluding carboxylic acids is 3. The quantitative estimate of drug-likeness (QED) is 0.429. The molecule has 0 aliphatic carbocycles. The van der Waals surface area contributed by atoms with E-state index in [1.807, 2.05) is 18.3 Å². The van der Waals surface area contributed by atoms with Gasteiger partial charge in [0.25, 0.3) is 5.91 Å². The van der Waals surface area contributed by atoms with Gasteiger partial charge in [-0.15, -0.1) is 0 Å². The van der Waals surface area contributed by atoms with E-state index in [4.69, 9.17) is 19.4 Å². The number of rotatable bonds is 6. The van der Waals surface area contributed by atoms with Crippen molar-refractivity contribution in [3.8, 4) is 5.75 Å². The molecule has 228 valence electrons. The number of nitrogens with one attached hydrogen (secondary N) is 1. The molecule has 1 spiro atoms. The van der Waals surface area contributed by atoms with Crippen LogP contribution in [0.1, 0.15) is 60.0 Å². The highest BCUT2D eigenvalue weighted by Gasteiger charge is 2.45.